The largest absolute Gasteiger partial charge is 0.494 e. The van der Waals surface area contributed by atoms with Gasteiger partial charge in [-0.3, -0.25) is 0 Å². The number of nitrogens with zero attached hydrogens (tertiary/aromatic N) is 1. The van der Waals surface area contributed by atoms with Crippen molar-refractivity contribution in [2.45, 2.75) is 15.3 Å². The lowest BCUT2D eigenvalue weighted by Gasteiger charge is -2.14. The number of ether oxygens (including phenoxy) is 1. The molecule has 0 amide bonds. The monoisotopic (exact) mass is 331 g/mol. The minimum Gasteiger partial charge on any atom is -0.494 e. The highest BCUT2D eigenvalue weighted by Gasteiger charge is 2.35. The average molecular weight is 332 g/mol. The topological polar surface area (TPSA) is 67.2 Å². The maximum atomic E-state index is 12.4. The molecule has 0 fully saturated rings. The maximum absolute atomic E-state index is 12.4. The third-order valence-electron chi connectivity index (χ3n) is 1.88. The number of hydrogen-bond acceptors (Lipinski definition) is 5. The lowest BCUT2D eigenvalue weighted by atomic mass is 10.2. The van der Waals surface area contributed by atoms with Crippen molar-refractivity contribution in [1.82, 2.24) is 0 Å². The van der Waals surface area contributed by atoms with Crippen molar-refractivity contribution in [3.8, 4) is 11.8 Å². The van der Waals surface area contributed by atoms with Crippen molar-refractivity contribution in [3.63, 3.8) is 0 Å². The number of halogens is 4. The van der Waals surface area contributed by atoms with Crippen LogP contribution in [-0.2, 0) is 9.05 Å². The van der Waals surface area contributed by atoms with E-state index in [-0.39, 0.29) is 5.56 Å². The normalized spacial score (nSPS) is 12.0. The predicted octanol–water partition coefficient (Wildman–Crippen LogP) is 3.11. The molecule has 19 heavy (non-hydrogen) atoms. The van der Waals surface area contributed by atoms with Crippen molar-refractivity contribution in [2.24, 2.45) is 0 Å². The first-order valence-corrected chi connectivity index (χ1v) is 7.54. The van der Waals surface area contributed by atoms with Crippen molar-refractivity contribution >= 4 is 31.5 Å². The van der Waals surface area contributed by atoms with Gasteiger partial charge >= 0.3 is 5.51 Å². The first-order chi connectivity index (χ1) is 8.60. The lowest BCUT2D eigenvalue weighted by molar-refractivity contribution is -0.0329. The molecule has 0 N–H and O–H groups in total. The summed E-state index contributed by atoms with van der Waals surface area (Å²) >= 11 is -0.705. The molecule has 0 saturated carbocycles. The van der Waals surface area contributed by atoms with Crippen LogP contribution in [0.1, 0.15) is 5.56 Å². The van der Waals surface area contributed by atoms with Gasteiger partial charge in [0, 0.05) is 10.7 Å². The fraction of sp³-hybridized carbons (Fsp3) is 0.222. The number of thioether (sulfide) groups is 1. The van der Waals surface area contributed by atoms with E-state index >= 15 is 0 Å². The summed E-state index contributed by atoms with van der Waals surface area (Å²) in [6, 6.07) is 3.46. The van der Waals surface area contributed by atoms with Gasteiger partial charge in [0.05, 0.1) is 17.6 Å². The minimum atomic E-state index is -4.75. The number of rotatable bonds is 3. The van der Waals surface area contributed by atoms with Gasteiger partial charge in [-0.25, -0.2) is 8.42 Å². The van der Waals surface area contributed by atoms with Crippen molar-refractivity contribution in [3.05, 3.63) is 17.7 Å². The molecule has 0 saturated heterocycles. The second kappa shape index (κ2) is 5.48. The molecule has 10 heteroatoms. The van der Waals surface area contributed by atoms with Gasteiger partial charge in [-0.05, 0) is 23.9 Å². The Morgan fingerprint density at radius 1 is 1.42 bits per heavy atom. The highest BCUT2D eigenvalue weighted by molar-refractivity contribution is 8.14. The van der Waals surface area contributed by atoms with Gasteiger partial charge in [-0.1, -0.05) is 0 Å². The van der Waals surface area contributed by atoms with Gasteiger partial charge in [0.2, 0.25) is 0 Å². The molecule has 1 rings (SSSR count). The van der Waals surface area contributed by atoms with Gasteiger partial charge in [-0.2, -0.15) is 18.4 Å². The molecule has 0 spiro atoms. The zero-order valence-corrected chi connectivity index (χ0v) is 11.5. The average Bonchev–Trinajstić information content (AvgIpc) is 2.24. The summed E-state index contributed by atoms with van der Waals surface area (Å²) in [5.74, 6) is -0.480. The van der Waals surface area contributed by atoms with E-state index in [9.17, 15) is 21.6 Å². The molecule has 0 aliphatic carbocycles. The van der Waals surface area contributed by atoms with Crippen LogP contribution in [0.25, 0.3) is 0 Å². The molecule has 104 valence electrons. The molecule has 4 nitrogen and oxygen atoms in total. The molecule has 0 unspecified atom stereocenters. The Bertz CT molecular complexity index is 637. The zero-order valence-electron chi connectivity index (χ0n) is 9.16. The van der Waals surface area contributed by atoms with E-state index in [1.54, 1.807) is 6.07 Å². The fourth-order valence-electron chi connectivity index (χ4n) is 1.24. The van der Waals surface area contributed by atoms with Crippen molar-refractivity contribution in [2.75, 3.05) is 7.11 Å². The summed E-state index contributed by atoms with van der Waals surface area (Å²) < 4.78 is 64.5. The quantitative estimate of drug-likeness (QED) is 0.629. The summed E-state index contributed by atoms with van der Waals surface area (Å²) in [5.41, 5.74) is -4.98. The van der Waals surface area contributed by atoms with E-state index in [0.29, 0.717) is 0 Å². The Morgan fingerprint density at radius 3 is 2.37 bits per heavy atom. The van der Waals surface area contributed by atoms with E-state index < -0.39 is 41.9 Å². The zero-order chi connectivity index (χ0) is 14.8. The van der Waals surface area contributed by atoms with Gasteiger partial charge in [0.15, 0.2) is 5.75 Å². The van der Waals surface area contributed by atoms with E-state index in [4.69, 9.17) is 15.9 Å². The molecule has 1 aromatic carbocycles. The van der Waals surface area contributed by atoms with Crippen LogP contribution in [0.15, 0.2) is 21.9 Å². The number of benzene rings is 1. The summed E-state index contributed by atoms with van der Waals surface area (Å²) in [5, 5.41) is 8.76. The Morgan fingerprint density at radius 2 is 2.00 bits per heavy atom. The molecule has 0 atom stereocenters. The molecule has 0 aromatic heterocycles. The number of alkyl halides is 3. The highest BCUT2D eigenvalue weighted by atomic mass is 35.7. The summed E-state index contributed by atoms with van der Waals surface area (Å²) in [4.78, 5) is -1.52. The second-order valence-electron chi connectivity index (χ2n) is 3.07. The van der Waals surface area contributed by atoms with Gasteiger partial charge in [0.1, 0.15) is 11.0 Å². The molecule has 1 aromatic rings. The first kappa shape index (κ1) is 15.9. The van der Waals surface area contributed by atoms with Crippen LogP contribution in [0, 0.1) is 11.3 Å². The Hall–Kier alpha value is -1.11. The third-order valence-corrected chi connectivity index (χ3v) is 4.22. The van der Waals surface area contributed by atoms with Crippen molar-refractivity contribution < 1.29 is 26.3 Å². The Balaban J connectivity index is 3.65. The van der Waals surface area contributed by atoms with Crippen LogP contribution in [0.4, 0.5) is 13.2 Å². The number of nitriles is 1. The minimum absolute atomic E-state index is 0.224. The molecular formula is C9H5ClF3NO3S2. The smallest absolute Gasteiger partial charge is 0.446 e. The SMILES string of the molecule is COc1c(C#N)ccc(S(=O)(=O)Cl)c1SC(F)(F)F. The summed E-state index contributed by atoms with van der Waals surface area (Å²) in [6.45, 7) is 0. The molecule has 0 radical (unpaired) electrons. The van der Waals surface area contributed by atoms with Crippen LogP contribution >= 0.6 is 22.4 Å². The van der Waals surface area contributed by atoms with E-state index in [0.717, 1.165) is 19.2 Å². The number of methoxy groups -OCH3 is 1. The van der Waals surface area contributed by atoms with Crippen LogP contribution in [-0.4, -0.2) is 21.0 Å². The molecular weight excluding hydrogens is 327 g/mol. The summed E-state index contributed by atoms with van der Waals surface area (Å²) in [7, 11) is 1.70. The van der Waals surface area contributed by atoms with Crippen LogP contribution < -0.4 is 4.74 Å². The molecule has 0 bridgehead atoms. The van der Waals surface area contributed by atoms with E-state index in [1.807, 2.05) is 0 Å². The maximum Gasteiger partial charge on any atom is 0.446 e. The fourth-order valence-corrected chi connectivity index (χ4v) is 3.45. The second-order valence-corrected chi connectivity index (χ2v) is 6.68. The van der Waals surface area contributed by atoms with Crippen LogP contribution in [0.2, 0.25) is 0 Å². The van der Waals surface area contributed by atoms with E-state index in [2.05, 4.69) is 4.74 Å². The lowest BCUT2D eigenvalue weighted by Crippen LogP contribution is -2.05. The Labute approximate surface area is 115 Å². The Kier molecular flexibility index (Phi) is 4.60. The predicted molar refractivity (Wildman–Crippen MR) is 62.7 cm³/mol. The molecule has 0 heterocycles. The van der Waals surface area contributed by atoms with Gasteiger partial charge in [-0.15, -0.1) is 0 Å². The van der Waals surface area contributed by atoms with Crippen LogP contribution in [0.3, 0.4) is 0 Å². The van der Waals surface area contributed by atoms with Gasteiger partial charge in [0.25, 0.3) is 9.05 Å². The number of hydrogen-bond donors (Lipinski definition) is 0. The standard InChI is InChI=1S/C9H5ClF3NO3S2/c1-17-7-5(4-14)2-3-6(19(10,15)16)8(7)18-9(11,12)13/h2-3H,1H3. The molecule has 0 aliphatic heterocycles. The van der Waals surface area contributed by atoms with E-state index in [1.165, 1.54) is 0 Å². The first-order valence-electron chi connectivity index (χ1n) is 4.41. The van der Waals surface area contributed by atoms with Crippen molar-refractivity contribution in [1.29, 1.82) is 5.26 Å². The third kappa shape index (κ3) is 3.92. The molecule has 0 aliphatic rings. The van der Waals surface area contributed by atoms with Gasteiger partial charge < -0.3 is 4.74 Å². The summed E-state index contributed by atoms with van der Waals surface area (Å²) in [6.07, 6.45) is 0. The van der Waals surface area contributed by atoms with Crippen LogP contribution in [0.5, 0.6) is 5.75 Å². The highest BCUT2D eigenvalue weighted by Crippen LogP contribution is 2.46.